The van der Waals surface area contributed by atoms with Gasteiger partial charge >= 0.3 is 5.97 Å². The standard InChI is InChI=1S/C8H17NO4/c10-6-4-9(5-7-11)3-1-2-8(12)13/h10-11H,1-7H2,(H,12,13). The van der Waals surface area contributed by atoms with E-state index in [9.17, 15) is 4.79 Å². The van der Waals surface area contributed by atoms with Crippen molar-refractivity contribution < 1.29 is 20.1 Å². The van der Waals surface area contributed by atoms with Crippen LogP contribution in [0.15, 0.2) is 0 Å². The van der Waals surface area contributed by atoms with Gasteiger partial charge in [-0.05, 0) is 13.0 Å². The molecule has 0 saturated carbocycles. The van der Waals surface area contributed by atoms with Gasteiger partial charge in [-0.3, -0.25) is 9.69 Å². The van der Waals surface area contributed by atoms with Crippen LogP contribution in [-0.2, 0) is 4.79 Å². The van der Waals surface area contributed by atoms with Crippen molar-refractivity contribution >= 4 is 5.97 Å². The Morgan fingerprint density at radius 3 is 2.00 bits per heavy atom. The fourth-order valence-corrected chi connectivity index (χ4v) is 1.07. The summed E-state index contributed by atoms with van der Waals surface area (Å²) in [7, 11) is 0. The average molecular weight is 191 g/mol. The number of rotatable bonds is 8. The highest BCUT2D eigenvalue weighted by atomic mass is 16.4. The molecular formula is C8H17NO4. The van der Waals surface area contributed by atoms with E-state index < -0.39 is 5.97 Å². The minimum Gasteiger partial charge on any atom is -0.481 e. The molecular weight excluding hydrogens is 174 g/mol. The average Bonchev–Trinajstić information content (AvgIpc) is 2.04. The van der Waals surface area contributed by atoms with Crippen LogP contribution in [0.4, 0.5) is 0 Å². The number of carbonyl (C=O) groups is 1. The molecule has 0 aliphatic carbocycles. The first-order chi connectivity index (χ1) is 6.20. The summed E-state index contributed by atoms with van der Waals surface area (Å²) in [6.45, 7) is 1.65. The maximum atomic E-state index is 10.2. The van der Waals surface area contributed by atoms with Crippen molar-refractivity contribution in [3.05, 3.63) is 0 Å². The van der Waals surface area contributed by atoms with Gasteiger partial charge in [-0.2, -0.15) is 0 Å². The summed E-state index contributed by atoms with van der Waals surface area (Å²) in [6.07, 6.45) is 0.683. The summed E-state index contributed by atoms with van der Waals surface area (Å²) in [5, 5.41) is 25.6. The van der Waals surface area contributed by atoms with Crippen molar-refractivity contribution in [2.24, 2.45) is 0 Å². The third-order valence-electron chi connectivity index (χ3n) is 1.70. The molecule has 0 aliphatic heterocycles. The smallest absolute Gasteiger partial charge is 0.303 e. The lowest BCUT2D eigenvalue weighted by Crippen LogP contribution is -2.31. The maximum absolute atomic E-state index is 10.2. The number of carboxylic acids is 1. The topological polar surface area (TPSA) is 81.0 Å². The number of aliphatic hydroxyl groups excluding tert-OH is 2. The van der Waals surface area contributed by atoms with Gasteiger partial charge in [0.15, 0.2) is 0 Å². The van der Waals surface area contributed by atoms with Crippen LogP contribution < -0.4 is 0 Å². The Hall–Kier alpha value is -0.650. The molecule has 0 radical (unpaired) electrons. The first kappa shape index (κ1) is 12.3. The second-order valence-corrected chi connectivity index (χ2v) is 2.79. The molecule has 0 bridgehead atoms. The molecule has 0 atom stereocenters. The predicted molar refractivity (Wildman–Crippen MR) is 47.5 cm³/mol. The molecule has 0 heterocycles. The zero-order valence-corrected chi connectivity index (χ0v) is 7.65. The Bertz CT molecular complexity index is 134. The molecule has 0 rings (SSSR count). The van der Waals surface area contributed by atoms with Crippen molar-refractivity contribution in [3.8, 4) is 0 Å². The molecule has 5 heteroatoms. The molecule has 0 aromatic heterocycles. The Balaban J connectivity index is 3.49. The minimum atomic E-state index is -0.812. The van der Waals surface area contributed by atoms with Crippen molar-refractivity contribution in [2.45, 2.75) is 12.8 Å². The molecule has 0 saturated heterocycles. The zero-order chi connectivity index (χ0) is 10.1. The van der Waals surface area contributed by atoms with Crippen LogP contribution >= 0.6 is 0 Å². The van der Waals surface area contributed by atoms with E-state index in [-0.39, 0.29) is 19.6 Å². The molecule has 5 nitrogen and oxygen atoms in total. The summed E-state index contributed by atoms with van der Waals surface area (Å²) in [4.78, 5) is 12.0. The molecule has 0 unspecified atom stereocenters. The van der Waals surface area contributed by atoms with E-state index in [1.807, 2.05) is 4.90 Å². The molecule has 0 aromatic carbocycles. The van der Waals surface area contributed by atoms with Crippen molar-refractivity contribution in [1.29, 1.82) is 0 Å². The van der Waals surface area contributed by atoms with Gasteiger partial charge in [-0.15, -0.1) is 0 Å². The van der Waals surface area contributed by atoms with E-state index in [1.54, 1.807) is 0 Å². The number of hydrogen-bond acceptors (Lipinski definition) is 4. The summed E-state index contributed by atoms with van der Waals surface area (Å²) in [5.74, 6) is -0.812. The van der Waals surface area contributed by atoms with Crippen LogP contribution in [0.5, 0.6) is 0 Å². The number of aliphatic carboxylic acids is 1. The highest BCUT2D eigenvalue weighted by Gasteiger charge is 2.04. The fraction of sp³-hybridized carbons (Fsp3) is 0.875. The Kier molecular flexibility index (Phi) is 7.57. The van der Waals surface area contributed by atoms with Crippen molar-refractivity contribution in [1.82, 2.24) is 4.90 Å². The normalized spacial score (nSPS) is 10.7. The summed E-state index contributed by atoms with van der Waals surface area (Å²) >= 11 is 0. The molecule has 0 fully saturated rings. The van der Waals surface area contributed by atoms with Gasteiger partial charge in [0, 0.05) is 19.5 Å². The summed E-state index contributed by atoms with van der Waals surface area (Å²) < 4.78 is 0. The van der Waals surface area contributed by atoms with Gasteiger partial charge < -0.3 is 15.3 Å². The highest BCUT2D eigenvalue weighted by Crippen LogP contribution is 1.94. The molecule has 0 aliphatic rings. The molecule has 13 heavy (non-hydrogen) atoms. The number of hydrogen-bond donors (Lipinski definition) is 3. The van der Waals surface area contributed by atoms with E-state index in [1.165, 1.54) is 0 Å². The lowest BCUT2D eigenvalue weighted by Gasteiger charge is -2.19. The first-order valence-corrected chi connectivity index (χ1v) is 4.36. The van der Waals surface area contributed by atoms with Gasteiger partial charge in [0.2, 0.25) is 0 Å². The molecule has 3 N–H and O–H groups in total. The number of nitrogens with zero attached hydrogens (tertiary/aromatic N) is 1. The highest BCUT2D eigenvalue weighted by molar-refractivity contribution is 5.66. The second kappa shape index (κ2) is 7.97. The van der Waals surface area contributed by atoms with Gasteiger partial charge in [0.25, 0.3) is 0 Å². The number of aliphatic hydroxyl groups is 2. The Morgan fingerprint density at radius 2 is 1.62 bits per heavy atom. The Labute approximate surface area is 77.6 Å². The lowest BCUT2D eigenvalue weighted by molar-refractivity contribution is -0.137. The lowest BCUT2D eigenvalue weighted by atomic mass is 10.3. The summed E-state index contributed by atoms with van der Waals surface area (Å²) in [5.41, 5.74) is 0. The molecule has 0 spiro atoms. The SMILES string of the molecule is O=C(O)CCCN(CCO)CCO. The monoisotopic (exact) mass is 191 g/mol. The maximum Gasteiger partial charge on any atom is 0.303 e. The van der Waals surface area contributed by atoms with E-state index in [4.69, 9.17) is 15.3 Å². The van der Waals surface area contributed by atoms with E-state index in [0.717, 1.165) is 0 Å². The van der Waals surface area contributed by atoms with Gasteiger partial charge in [-0.1, -0.05) is 0 Å². The van der Waals surface area contributed by atoms with Crippen LogP contribution in [0.25, 0.3) is 0 Å². The number of carboxylic acid groups (broad SMARTS) is 1. The van der Waals surface area contributed by atoms with E-state index in [0.29, 0.717) is 26.1 Å². The van der Waals surface area contributed by atoms with Crippen LogP contribution in [0.3, 0.4) is 0 Å². The molecule has 0 aromatic rings. The third-order valence-corrected chi connectivity index (χ3v) is 1.70. The first-order valence-electron chi connectivity index (χ1n) is 4.36. The van der Waals surface area contributed by atoms with Gasteiger partial charge in [0.1, 0.15) is 0 Å². The summed E-state index contributed by atoms with van der Waals surface area (Å²) in [6, 6.07) is 0. The largest absolute Gasteiger partial charge is 0.481 e. The minimum absolute atomic E-state index is 0.0348. The molecule has 78 valence electrons. The van der Waals surface area contributed by atoms with Crippen LogP contribution in [0.2, 0.25) is 0 Å². The Morgan fingerprint density at radius 1 is 1.08 bits per heavy atom. The zero-order valence-electron chi connectivity index (χ0n) is 7.65. The van der Waals surface area contributed by atoms with Gasteiger partial charge in [0.05, 0.1) is 13.2 Å². The fourth-order valence-electron chi connectivity index (χ4n) is 1.07. The van der Waals surface area contributed by atoms with Crippen molar-refractivity contribution in [3.63, 3.8) is 0 Å². The van der Waals surface area contributed by atoms with Crippen LogP contribution in [0, 0.1) is 0 Å². The van der Waals surface area contributed by atoms with Crippen LogP contribution in [-0.4, -0.2) is 59.0 Å². The van der Waals surface area contributed by atoms with Gasteiger partial charge in [-0.25, -0.2) is 0 Å². The van der Waals surface area contributed by atoms with E-state index in [2.05, 4.69) is 0 Å². The third kappa shape index (κ3) is 7.70. The second-order valence-electron chi connectivity index (χ2n) is 2.79. The predicted octanol–water partition coefficient (Wildman–Crippen LogP) is -0.862. The molecule has 0 amide bonds. The van der Waals surface area contributed by atoms with Crippen molar-refractivity contribution in [2.75, 3.05) is 32.8 Å². The quantitative estimate of drug-likeness (QED) is 0.465. The van der Waals surface area contributed by atoms with Crippen LogP contribution in [0.1, 0.15) is 12.8 Å². The van der Waals surface area contributed by atoms with E-state index >= 15 is 0 Å².